The van der Waals surface area contributed by atoms with E-state index in [-0.39, 0.29) is 11.8 Å². The van der Waals surface area contributed by atoms with Gasteiger partial charge in [0, 0.05) is 5.92 Å². The second-order valence-electron chi connectivity index (χ2n) is 6.54. The van der Waals surface area contributed by atoms with Crippen LogP contribution in [0, 0.1) is 29.1 Å². The maximum Gasteiger partial charge on any atom is 0.224 e. The highest BCUT2D eigenvalue weighted by atomic mass is 16.2. The van der Waals surface area contributed by atoms with Crippen molar-refractivity contribution in [1.29, 1.82) is 5.26 Å². The number of rotatable bonds is 2. The fourth-order valence-electron chi connectivity index (χ4n) is 3.55. The fourth-order valence-corrected chi connectivity index (χ4v) is 3.55. The summed E-state index contributed by atoms with van der Waals surface area (Å²) in [6.45, 7) is 3.52. The molecule has 3 heteroatoms. The van der Waals surface area contributed by atoms with Crippen LogP contribution < -0.4 is 5.32 Å². The fraction of sp³-hybridized carbons (Fsp3) is 0.867. The number of nitrogens with zero attached hydrogens (tertiary/aromatic N) is 1. The van der Waals surface area contributed by atoms with E-state index in [1.807, 2.05) is 0 Å². The van der Waals surface area contributed by atoms with Crippen molar-refractivity contribution in [2.45, 2.75) is 64.3 Å². The third-order valence-electron chi connectivity index (χ3n) is 4.63. The van der Waals surface area contributed by atoms with Crippen LogP contribution in [0.3, 0.4) is 0 Å². The molecule has 0 saturated heterocycles. The second kappa shape index (κ2) is 5.30. The van der Waals surface area contributed by atoms with Gasteiger partial charge in [0.2, 0.25) is 5.91 Å². The van der Waals surface area contributed by atoms with Crippen LogP contribution >= 0.6 is 0 Å². The van der Waals surface area contributed by atoms with Crippen LogP contribution in [0.1, 0.15) is 58.8 Å². The van der Waals surface area contributed by atoms with Crippen LogP contribution in [-0.2, 0) is 4.79 Å². The topological polar surface area (TPSA) is 52.9 Å². The minimum absolute atomic E-state index is 0.0885. The summed E-state index contributed by atoms with van der Waals surface area (Å²) in [7, 11) is 0. The monoisotopic (exact) mass is 248 g/mol. The number of fused-ring (bicyclic) bond motifs is 1. The third-order valence-corrected chi connectivity index (χ3v) is 4.63. The minimum Gasteiger partial charge on any atom is -0.338 e. The van der Waals surface area contributed by atoms with Crippen molar-refractivity contribution in [1.82, 2.24) is 5.32 Å². The van der Waals surface area contributed by atoms with Crippen molar-refractivity contribution in [2.75, 3.05) is 0 Å². The molecule has 0 bridgehead atoms. The summed E-state index contributed by atoms with van der Waals surface area (Å²) in [6, 6.07) is 2.14. The summed E-state index contributed by atoms with van der Waals surface area (Å²) in [4.78, 5) is 12.2. The van der Waals surface area contributed by atoms with E-state index >= 15 is 0 Å². The lowest BCUT2D eigenvalue weighted by molar-refractivity contribution is -0.128. The summed E-state index contributed by atoms with van der Waals surface area (Å²) in [6.07, 6.45) is 8.62. The first-order chi connectivity index (χ1) is 8.52. The van der Waals surface area contributed by atoms with Crippen LogP contribution in [0.5, 0.6) is 0 Å². The van der Waals surface area contributed by atoms with Crippen LogP contribution in [0.2, 0.25) is 0 Å². The normalized spacial score (nSPS) is 32.2. The van der Waals surface area contributed by atoms with Gasteiger partial charge in [-0.25, -0.2) is 0 Å². The lowest BCUT2D eigenvalue weighted by atomic mass is 9.67. The smallest absolute Gasteiger partial charge is 0.224 e. The van der Waals surface area contributed by atoms with Crippen molar-refractivity contribution >= 4 is 5.91 Å². The lowest BCUT2D eigenvalue weighted by Crippen LogP contribution is -2.46. The van der Waals surface area contributed by atoms with Crippen molar-refractivity contribution < 1.29 is 4.79 Å². The van der Waals surface area contributed by atoms with Gasteiger partial charge in [0.15, 0.2) is 0 Å². The number of hydrogen-bond donors (Lipinski definition) is 1. The van der Waals surface area contributed by atoms with Crippen molar-refractivity contribution in [3.63, 3.8) is 0 Å². The van der Waals surface area contributed by atoms with Gasteiger partial charge in [-0.05, 0) is 44.9 Å². The molecule has 3 nitrogen and oxygen atoms in total. The molecule has 1 N–H and O–H groups in total. The van der Waals surface area contributed by atoms with Crippen LogP contribution in [-0.4, -0.2) is 11.4 Å². The molecule has 0 aromatic rings. The zero-order valence-corrected chi connectivity index (χ0v) is 11.5. The number of carbonyl (C=O) groups excluding carboxylic acids is 1. The molecule has 2 aliphatic rings. The van der Waals surface area contributed by atoms with Crippen molar-refractivity contribution in [3.8, 4) is 6.07 Å². The molecule has 2 rings (SSSR count). The van der Waals surface area contributed by atoms with Gasteiger partial charge in [-0.15, -0.1) is 0 Å². The van der Waals surface area contributed by atoms with Gasteiger partial charge >= 0.3 is 0 Å². The molecule has 0 spiro atoms. The molecule has 0 aromatic heterocycles. The SMILES string of the molecule is CC(C)(C#N)NC(=O)C1CCC2CCCCC2C1. The highest BCUT2D eigenvalue weighted by Crippen LogP contribution is 2.42. The molecular formula is C15H24N2O. The van der Waals surface area contributed by atoms with Gasteiger partial charge in [-0.2, -0.15) is 5.26 Å². The van der Waals surface area contributed by atoms with E-state index in [0.29, 0.717) is 0 Å². The van der Waals surface area contributed by atoms with E-state index in [1.165, 1.54) is 32.1 Å². The Balaban J connectivity index is 1.91. The molecule has 3 unspecified atom stereocenters. The minimum atomic E-state index is -0.736. The molecule has 3 atom stereocenters. The summed E-state index contributed by atoms with van der Waals surface area (Å²) in [5, 5.41) is 11.8. The zero-order chi connectivity index (χ0) is 13.2. The average molecular weight is 248 g/mol. The van der Waals surface area contributed by atoms with E-state index in [2.05, 4.69) is 11.4 Å². The summed E-state index contributed by atoms with van der Waals surface area (Å²) in [5.41, 5.74) is -0.736. The Labute approximate surface area is 110 Å². The Hall–Kier alpha value is -1.04. The first kappa shape index (κ1) is 13.4. The zero-order valence-electron chi connectivity index (χ0n) is 11.5. The van der Waals surface area contributed by atoms with Gasteiger partial charge in [-0.1, -0.05) is 25.7 Å². The van der Waals surface area contributed by atoms with E-state index in [4.69, 9.17) is 5.26 Å². The molecule has 100 valence electrons. The molecule has 0 aliphatic heterocycles. The summed E-state index contributed by atoms with van der Waals surface area (Å²) in [5.74, 6) is 1.85. The van der Waals surface area contributed by atoms with Gasteiger partial charge < -0.3 is 5.32 Å². The van der Waals surface area contributed by atoms with E-state index in [1.54, 1.807) is 13.8 Å². The standard InChI is InChI=1S/C15H24N2O/c1-15(2,10-16)17-14(18)13-8-7-11-5-3-4-6-12(11)9-13/h11-13H,3-9H2,1-2H3,(H,17,18). The van der Waals surface area contributed by atoms with E-state index in [9.17, 15) is 4.79 Å². The molecule has 1 amide bonds. The van der Waals surface area contributed by atoms with Gasteiger partial charge in [0.05, 0.1) is 6.07 Å². The van der Waals surface area contributed by atoms with Crippen molar-refractivity contribution in [2.24, 2.45) is 17.8 Å². The second-order valence-corrected chi connectivity index (χ2v) is 6.54. The number of amides is 1. The van der Waals surface area contributed by atoms with E-state index in [0.717, 1.165) is 24.7 Å². The van der Waals surface area contributed by atoms with Crippen LogP contribution in [0.4, 0.5) is 0 Å². The molecule has 2 aliphatic carbocycles. The van der Waals surface area contributed by atoms with Crippen molar-refractivity contribution in [3.05, 3.63) is 0 Å². The van der Waals surface area contributed by atoms with Crippen LogP contribution in [0.25, 0.3) is 0 Å². The number of carbonyl (C=O) groups is 1. The number of hydrogen-bond acceptors (Lipinski definition) is 2. The maximum absolute atomic E-state index is 12.2. The Kier molecular flexibility index (Phi) is 3.94. The Morgan fingerprint density at radius 1 is 1.17 bits per heavy atom. The van der Waals surface area contributed by atoms with E-state index < -0.39 is 5.54 Å². The largest absolute Gasteiger partial charge is 0.338 e. The molecule has 2 saturated carbocycles. The highest BCUT2D eigenvalue weighted by Gasteiger charge is 2.36. The number of nitrogens with one attached hydrogen (secondary N) is 1. The predicted molar refractivity (Wildman–Crippen MR) is 70.6 cm³/mol. The van der Waals surface area contributed by atoms with Gasteiger partial charge in [0.1, 0.15) is 5.54 Å². The molecule has 18 heavy (non-hydrogen) atoms. The summed E-state index contributed by atoms with van der Waals surface area (Å²) >= 11 is 0. The van der Waals surface area contributed by atoms with Gasteiger partial charge in [-0.3, -0.25) is 4.79 Å². The number of nitriles is 1. The highest BCUT2D eigenvalue weighted by molar-refractivity contribution is 5.79. The lowest BCUT2D eigenvalue weighted by Gasteiger charge is -2.39. The molecule has 2 fully saturated rings. The molecule has 0 radical (unpaired) electrons. The van der Waals surface area contributed by atoms with Gasteiger partial charge in [0.25, 0.3) is 0 Å². The Bertz CT molecular complexity index is 356. The maximum atomic E-state index is 12.2. The average Bonchev–Trinajstić information content (AvgIpc) is 2.37. The molecular weight excluding hydrogens is 224 g/mol. The van der Waals surface area contributed by atoms with Crippen LogP contribution in [0.15, 0.2) is 0 Å². The summed E-state index contributed by atoms with van der Waals surface area (Å²) < 4.78 is 0. The molecule has 0 heterocycles. The third kappa shape index (κ3) is 3.04. The first-order valence-corrected chi connectivity index (χ1v) is 7.25. The Morgan fingerprint density at radius 2 is 1.83 bits per heavy atom. The quantitative estimate of drug-likeness (QED) is 0.816. The first-order valence-electron chi connectivity index (χ1n) is 7.25. The molecule has 0 aromatic carbocycles. The Morgan fingerprint density at radius 3 is 2.50 bits per heavy atom. The predicted octanol–water partition coefficient (Wildman–Crippen LogP) is 3.01.